The van der Waals surface area contributed by atoms with Crippen LogP contribution in [0.3, 0.4) is 0 Å². The molecule has 0 saturated heterocycles. The molecule has 25 heavy (non-hydrogen) atoms. The van der Waals surface area contributed by atoms with Crippen molar-refractivity contribution in [3.63, 3.8) is 0 Å². The lowest BCUT2D eigenvalue weighted by Gasteiger charge is -2.24. The van der Waals surface area contributed by atoms with E-state index in [9.17, 15) is 13.2 Å². The average molecular weight is 382 g/mol. The molecule has 0 atom stereocenters. The molecule has 2 rings (SSSR count). The van der Waals surface area contributed by atoms with Crippen molar-refractivity contribution in [3.8, 4) is 0 Å². The summed E-state index contributed by atoms with van der Waals surface area (Å²) in [6, 6.07) is 12.8. The van der Waals surface area contributed by atoms with Crippen molar-refractivity contribution in [2.75, 3.05) is 10.8 Å². The summed E-state index contributed by atoms with van der Waals surface area (Å²) in [6.45, 7) is 4.84. The fourth-order valence-electron chi connectivity index (χ4n) is 2.20. The largest absolute Gasteiger partial charge is 0.462 e. The molecule has 0 aromatic heterocycles. The van der Waals surface area contributed by atoms with Crippen LogP contribution in [0.4, 0.5) is 5.69 Å². The van der Waals surface area contributed by atoms with Crippen LogP contribution in [0.5, 0.6) is 0 Å². The third-order valence-corrected chi connectivity index (χ3v) is 5.37. The molecule has 0 unspecified atom stereocenters. The molecule has 0 saturated carbocycles. The molecule has 0 heterocycles. The van der Waals surface area contributed by atoms with Crippen LogP contribution in [0.15, 0.2) is 53.4 Å². The lowest BCUT2D eigenvalue weighted by atomic mass is 10.2. The van der Waals surface area contributed by atoms with E-state index in [1.165, 1.54) is 18.2 Å². The van der Waals surface area contributed by atoms with Crippen molar-refractivity contribution in [1.29, 1.82) is 0 Å². The van der Waals surface area contributed by atoms with E-state index in [1.54, 1.807) is 44.2 Å². The van der Waals surface area contributed by atoms with E-state index < -0.39 is 22.5 Å². The van der Waals surface area contributed by atoms with Crippen molar-refractivity contribution in [2.45, 2.75) is 31.8 Å². The number of hydrogen-bond donors (Lipinski definition) is 0. The van der Waals surface area contributed by atoms with Gasteiger partial charge in [0.15, 0.2) is 0 Å². The molecule has 134 valence electrons. The summed E-state index contributed by atoms with van der Waals surface area (Å²) in [7, 11) is -3.94. The lowest BCUT2D eigenvalue weighted by molar-refractivity contribution is -0.145. The number of rotatable bonds is 6. The van der Waals surface area contributed by atoms with Gasteiger partial charge in [0, 0.05) is 5.02 Å². The number of benzene rings is 2. The van der Waals surface area contributed by atoms with Gasteiger partial charge in [0.1, 0.15) is 6.54 Å². The second-order valence-electron chi connectivity index (χ2n) is 5.84. The van der Waals surface area contributed by atoms with Crippen LogP contribution in [0.1, 0.15) is 19.4 Å². The highest BCUT2D eigenvalue weighted by molar-refractivity contribution is 7.92. The van der Waals surface area contributed by atoms with Crippen molar-refractivity contribution in [2.24, 2.45) is 0 Å². The zero-order valence-electron chi connectivity index (χ0n) is 14.3. The third kappa shape index (κ3) is 4.96. The van der Waals surface area contributed by atoms with Gasteiger partial charge in [-0.1, -0.05) is 35.4 Å². The third-order valence-electron chi connectivity index (χ3n) is 3.35. The monoisotopic (exact) mass is 381 g/mol. The van der Waals surface area contributed by atoms with Gasteiger partial charge in [-0.25, -0.2) is 8.42 Å². The maximum Gasteiger partial charge on any atom is 0.327 e. The highest BCUT2D eigenvalue weighted by Gasteiger charge is 2.28. The summed E-state index contributed by atoms with van der Waals surface area (Å²) in [5.41, 5.74) is 1.24. The van der Waals surface area contributed by atoms with Gasteiger partial charge in [0.2, 0.25) is 0 Å². The SMILES string of the molecule is Cc1ccc(S(=O)(=O)N(CC(=O)OC(C)C)c2cccc(Cl)c2)cc1. The van der Waals surface area contributed by atoms with Gasteiger partial charge in [-0.2, -0.15) is 0 Å². The van der Waals surface area contributed by atoms with Crippen LogP contribution in [0.25, 0.3) is 0 Å². The minimum Gasteiger partial charge on any atom is -0.462 e. The molecule has 0 aliphatic heterocycles. The van der Waals surface area contributed by atoms with Crippen molar-refractivity contribution in [3.05, 3.63) is 59.1 Å². The normalized spacial score (nSPS) is 11.4. The molecule has 0 amide bonds. The molecule has 0 radical (unpaired) electrons. The van der Waals surface area contributed by atoms with Crippen LogP contribution in [-0.4, -0.2) is 27.0 Å². The van der Waals surface area contributed by atoms with Crippen LogP contribution < -0.4 is 4.31 Å². The topological polar surface area (TPSA) is 63.7 Å². The molecule has 7 heteroatoms. The Bertz CT molecular complexity index is 848. The lowest BCUT2D eigenvalue weighted by Crippen LogP contribution is -2.37. The number of halogens is 1. The second-order valence-corrected chi connectivity index (χ2v) is 8.14. The van der Waals surface area contributed by atoms with Gasteiger partial charge in [0.25, 0.3) is 10.0 Å². The Morgan fingerprint density at radius 1 is 1.16 bits per heavy atom. The molecule has 0 spiro atoms. The first-order valence-corrected chi connectivity index (χ1v) is 9.56. The van der Waals surface area contributed by atoms with E-state index in [0.29, 0.717) is 10.7 Å². The maximum absolute atomic E-state index is 13.1. The first kappa shape index (κ1) is 19.3. The zero-order chi connectivity index (χ0) is 18.6. The predicted molar refractivity (Wildman–Crippen MR) is 98.4 cm³/mol. The standard InChI is InChI=1S/C18H20ClNO4S/c1-13(2)24-18(21)12-20(16-6-4-5-15(19)11-16)25(22,23)17-9-7-14(3)8-10-17/h4-11,13H,12H2,1-3H3. The van der Waals surface area contributed by atoms with Gasteiger partial charge in [-0.15, -0.1) is 0 Å². The van der Waals surface area contributed by atoms with Gasteiger partial charge in [-0.3, -0.25) is 9.10 Å². The van der Waals surface area contributed by atoms with Crippen LogP contribution in [0.2, 0.25) is 5.02 Å². The minimum absolute atomic E-state index is 0.0930. The highest BCUT2D eigenvalue weighted by Crippen LogP contribution is 2.26. The number of ether oxygens (including phenoxy) is 1. The van der Waals surface area contributed by atoms with E-state index in [4.69, 9.17) is 16.3 Å². The van der Waals surface area contributed by atoms with E-state index in [1.807, 2.05) is 6.92 Å². The summed E-state index contributed by atoms with van der Waals surface area (Å²) in [5, 5.41) is 0.374. The molecule has 5 nitrogen and oxygen atoms in total. The number of carbonyl (C=O) groups excluding carboxylic acids is 1. The molecule has 0 bridgehead atoms. The van der Waals surface area contributed by atoms with Crippen molar-refractivity contribution in [1.82, 2.24) is 0 Å². The first-order valence-electron chi connectivity index (χ1n) is 7.74. The fourth-order valence-corrected chi connectivity index (χ4v) is 3.79. The number of aryl methyl sites for hydroxylation is 1. The zero-order valence-corrected chi connectivity index (χ0v) is 15.8. The number of sulfonamides is 1. The van der Waals surface area contributed by atoms with Crippen LogP contribution in [0, 0.1) is 6.92 Å². The van der Waals surface area contributed by atoms with E-state index in [-0.39, 0.29) is 11.0 Å². The molecule has 0 aliphatic rings. The van der Waals surface area contributed by atoms with Gasteiger partial charge in [0.05, 0.1) is 16.7 Å². The molecular weight excluding hydrogens is 362 g/mol. The number of nitrogens with zero attached hydrogens (tertiary/aromatic N) is 1. The number of carbonyl (C=O) groups is 1. The smallest absolute Gasteiger partial charge is 0.327 e. The Morgan fingerprint density at radius 3 is 2.36 bits per heavy atom. The minimum atomic E-state index is -3.94. The summed E-state index contributed by atoms with van der Waals surface area (Å²) in [4.78, 5) is 12.2. The molecule has 2 aromatic carbocycles. The molecule has 0 aliphatic carbocycles. The Hall–Kier alpha value is -2.05. The number of anilines is 1. The van der Waals surface area contributed by atoms with Gasteiger partial charge < -0.3 is 4.74 Å². The number of hydrogen-bond acceptors (Lipinski definition) is 4. The average Bonchev–Trinajstić information content (AvgIpc) is 2.52. The Kier molecular flexibility index (Phi) is 6.08. The molecular formula is C18H20ClNO4S. The van der Waals surface area contributed by atoms with Crippen LogP contribution >= 0.6 is 11.6 Å². The van der Waals surface area contributed by atoms with E-state index in [2.05, 4.69) is 0 Å². The summed E-state index contributed by atoms with van der Waals surface area (Å²) in [5.74, 6) is -0.634. The summed E-state index contributed by atoms with van der Waals surface area (Å²) < 4.78 is 32.2. The van der Waals surface area contributed by atoms with Gasteiger partial charge in [-0.05, 0) is 51.1 Å². The van der Waals surface area contributed by atoms with E-state index >= 15 is 0 Å². The quantitative estimate of drug-likeness (QED) is 0.714. The summed E-state index contributed by atoms with van der Waals surface area (Å²) in [6.07, 6.45) is -0.337. The fraction of sp³-hybridized carbons (Fsp3) is 0.278. The van der Waals surface area contributed by atoms with Crippen molar-refractivity contribution >= 4 is 33.3 Å². The Labute approximate surface area is 153 Å². The van der Waals surface area contributed by atoms with Gasteiger partial charge >= 0.3 is 5.97 Å². The van der Waals surface area contributed by atoms with Crippen LogP contribution in [-0.2, 0) is 19.6 Å². The molecule has 2 aromatic rings. The Morgan fingerprint density at radius 2 is 1.80 bits per heavy atom. The highest BCUT2D eigenvalue weighted by atomic mass is 35.5. The molecule has 0 N–H and O–H groups in total. The van der Waals surface area contributed by atoms with E-state index in [0.717, 1.165) is 9.87 Å². The predicted octanol–water partition coefficient (Wildman–Crippen LogP) is 3.80. The number of esters is 1. The Balaban J connectivity index is 2.46. The molecule has 0 fully saturated rings. The first-order chi connectivity index (χ1) is 11.7. The summed E-state index contributed by atoms with van der Waals surface area (Å²) >= 11 is 5.99. The van der Waals surface area contributed by atoms with Crippen molar-refractivity contribution < 1.29 is 17.9 Å². The maximum atomic E-state index is 13.1. The second kappa shape index (κ2) is 7.89.